The van der Waals surface area contributed by atoms with Gasteiger partial charge in [0.2, 0.25) is 0 Å². The van der Waals surface area contributed by atoms with Crippen molar-refractivity contribution in [1.82, 2.24) is 0 Å². The van der Waals surface area contributed by atoms with Gasteiger partial charge in [-0.25, -0.2) is 0 Å². The fourth-order valence-electron chi connectivity index (χ4n) is 10.3. The van der Waals surface area contributed by atoms with Crippen molar-refractivity contribution in [2.45, 2.75) is 5.41 Å². The summed E-state index contributed by atoms with van der Waals surface area (Å²) in [6, 6.07) is 64.7. The molecule has 0 bridgehead atoms. The third kappa shape index (κ3) is 4.08. The van der Waals surface area contributed by atoms with Gasteiger partial charge in [0.15, 0.2) is 0 Å². The molecule has 2 aliphatic rings. The van der Waals surface area contributed by atoms with Crippen molar-refractivity contribution in [3.05, 3.63) is 209 Å². The predicted molar refractivity (Wildman–Crippen MR) is 241 cm³/mol. The summed E-state index contributed by atoms with van der Waals surface area (Å²) in [5.41, 5.74) is 15.0. The number of anilines is 3. The molecule has 4 heteroatoms. The van der Waals surface area contributed by atoms with Gasteiger partial charge >= 0.3 is 0 Å². The highest BCUT2D eigenvalue weighted by Crippen LogP contribution is 2.67. The van der Waals surface area contributed by atoms with Crippen molar-refractivity contribution >= 4 is 83.2 Å². The zero-order valence-corrected chi connectivity index (χ0v) is 32.2. The second-order valence-electron chi connectivity index (χ2n) is 15.1. The molecule has 0 radical (unpaired) electrons. The molecule has 3 aromatic heterocycles. The number of furan rings is 1. The topological polar surface area (TPSA) is 16.4 Å². The lowest BCUT2D eigenvalue weighted by atomic mass is 9.65. The van der Waals surface area contributed by atoms with Crippen molar-refractivity contribution in [2.75, 3.05) is 4.90 Å². The summed E-state index contributed by atoms with van der Waals surface area (Å²) in [6.07, 6.45) is 0. The maximum absolute atomic E-state index is 7.00. The second-order valence-corrected chi connectivity index (χ2v) is 17.0. The Kier molecular flexibility index (Phi) is 6.44. The lowest BCUT2D eigenvalue weighted by molar-refractivity contribution is 0.646. The van der Waals surface area contributed by atoms with Crippen LogP contribution in [0.15, 0.2) is 191 Å². The van der Waals surface area contributed by atoms with Crippen LogP contribution in [0.25, 0.3) is 75.5 Å². The van der Waals surface area contributed by atoms with Gasteiger partial charge in [0, 0.05) is 31.8 Å². The first kappa shape index (κ1) is 31.5. The molecule has 266 valence electrons. The summed E-state index contributed by atoms with van der Waals surface area (Å²) in [6.45, 7) is 0. The molecule has 8 aromatic carbocycles. The Balaban J connectivity index is 1.07. The van der Waals surface area contributed by atoms with Crippen molar-refractivity contribution < 1.29 is 4.42 Å². The van der Waals surface area contributed by atoms with Gasteiger partial charge in [0.1, 0.15) is 11.2 Å². The molecule has 4 heterocycles. The number of benzene rings is 8. The first-order chi connectivity index (χ1) is 28.3. The van der Waals surface area contributed by atoms with Crippen LogP contribution in [0.1, 0.15) is 22.3 Å². The van der Waals surface area contributed by atoms with Crippen molar-refractivity contribution in [3.8, 4) is 32.0 Å². The van der Waals surface area contributed by atoms with Crippen LogP contribution < -0.4 is 4.90 Å². The Morgan fingerprint density at radius 3 is 1.60 bits per heavy atom. The van der Waals surface area contributed by atoms with Gasteiger partial charge in [-0.1, -0.05) is 127 Å². The molecule has 1 aliphatic carbocycles. The molecular weight excluding hydrogens is 731 g/mol. The molecule has 0 atom stereocenters. The van der Waals surface area contributed by atoms with E-state index in [4.69, 9.17) is 4.42 Å². The minimum atomic E-state index is -0.515. The maximum atomic E-state index is 7.00. The van der Waals surface area contributed by atoms with Crippen LogP contribution in [0.5, 0.6) is 0 Å². The Bertz CT molecular complexity index is 3320. The standard InChI is InChI=1S/C53H31NOS2/c1-2-12-32(13-3-1)47-36-15-4-6-17-38(36)48(39-18-7-5-16-37(39)47)33-22-24-34(25-23-33)54-44-20-10-9-19-41(44)53(42-28-30-56-51(42)52-43(53)29-31-57-52)49-45(54)27-26-40-35-14-8-11-21-46(35)55-50(40)49/h1-31H. The van der Waals surface area contributed by atoms with Crippen molar-refractivity contribution in [3.63, 3.8) is 0 Å². The maximum Gasteiger partial charge on any atom is 0.142 e. The van der Waals surface area contributed by atoms with E-state index in [9.17, 15) is 0 Å². The van der Waals surface area contributed by atoms with Crippen LogP contribution in [-0.2, 0) is 5.41 Å². The molecule has 0 unspecified atom stereocenters. The SMILES string of the molecule is c1ccc(-c2c3ccccc3c(-c3ccc(N4c5ccccc5C5(c6ccsc6-c6sccc65)c5c4ccc4c5oc5ccccc54)cc3)c3ccccc23)cc1. The highest BCUT2D eigenvalue weighted by atomic mass is 32.1. The molecule has 0 saturated heterocycles. The van der Waals surface area contributed by atoms with Crippen molar-refractivity contribution in [2.24, 2.45) is 0 Å². The molecule has 11 aromatic rings. The minimum absolute atomic E-state index is 0.515. The first-order valence-electron chi connectivity index (χ1n) is 19.4. The van der Waals surface area contributed by atoms with E-state index in [0.29, 0.717) is 0 Å². The van der Waals surface area contributed by atoms with Gasteiger partial charge < -0.3 is 9.32 Å². The molecular formula is C53H31NOS2. The van der Waals surface area contributed by atoms with E-state index in [1.54, 1.807) is 0 Å². The van der Waals surface area contributed by atoms with Crippen LogP contribution in [0.3, 0.4) is 0 Å². The predicted octanol–water partition coefficient (Wildman–Crippen LogP) is 15.5. The summed E-state index contributed by atoms with van der Waals surface area (Å²) in [5.74, 6) is 0. The Labute approximate surface area is 337 Å². The number of fused-ring (bicyclic) bond motifs is 15. The van der Waals surface area contributed by atoms with E-state index >= 15 is 0 Å². The van der Waals surface area contributed by atoms with Gasteiger partial charge in [0.05, 0.1) is 16.8 Å². The van der Waals surface area contributed by atoms with Crippen LogP contribution in [-0.4, -0.2) is 0 Å². The molecule has 57 heavy (non-hydrogen) atoms. The highest BCUT2D eigenvalue weighted by molar-refractivity contribution is 7.21. The summed E-state index contributed by atoms with van der Waals surface area (Å²) in [5, 5.41) is 11.9. The van der Waals surface area contributed by atoms with Gasteiger partial charge in [-0.05, 0) is 120 Å². The number of hydrogen-bond donors (Lipinski definition) is 0. The summed E-state index contributed by atoms with van der Waals surface area (Å²) >= 11 is 3.70. The summed E-state index contributed by atoms with van der Waals surface area (Å²) in [4.78, 5) is 5.20. The Hall–Kier alpha value is -6.72. The van der Waals surface area contributed by atoms with E-state index in [-0.39, 0.29) is 0 Å². The van der Waals surface area contributed by atoms with Crippen LogP contribution in [0.4, 0.5) is 17.1 Å². The van der Waals surface area contributed by atoms with Crippen LogP contribution >= 0.6 is 22.7 Å². The van der Waals surface area contributed by atoms with Gasteiger partial charge in [-0.3, -0.25) is 0 Å². The van der Waals surface area contributed by atoms with E-state index < -0.39 is 5.41 Å². The second kappa shape index (κ2) is 11.7. The van der Waals surface area contributed by atoms with Crippen molar-refractivity contribution in [1.29, 1.82) is 0 Å². The average molecular weight is 762 g/mol. The number of para-hydroxylation sites is 2. The number of hydrogen-bond acceptors (Lipinski definition) is 4. The Morgan fingerprint density at radius 2 is 0.947 bits per heavy atom. The molecule has 1 aliphatic heterocycles. The molecule has 0 N–H and O–H groups in total. The molecule has 13 rings (SSSR count). The van der Waals surface area contributed by atoms with Gasteiger partial charge in [0.25, 0.3) is 0 Å². The van der Waals surface area contributed by atoms with E-state index in [1.807, 2.05) is 22.7 Å². The minimum Gasteiger partial charge on any atom is -0.456 e. The normalized spacial score (nSPS) is 13.7. The fourth-order valence-corrected chi connectivity index (χ4v) is 12.4. The van der Waals surface area contributed by atoms with E-state index in [0.717, 1.165) is 33.3 Å². The number of thiophene rings is 2. The third-order valence-electron chi connectivity index (χ3n) is 12.4. The van der Waals surface area contributed by atoms with E-state index in [1.165, 1.54) is 81.5 Å². The molecule has 1 spiro atoms. The largest absolute Gasteiger partial charge is 0.456 e. The lowest BCUT2D eigenvalue weighted by Gasteiger charge is -2.44. The zero-order valence-electron chi connectivity index (χ0n) is 30.6. The van der Waals surface area contributed by atoms with Crippen LogP contribution in [0.2, 0.25) is 0 Å². The highest BCUT2D eigenvalue weighted by Gasteiger charge is 2.54. The zero-order chi connectivity index (χ0) is 37.2. The summed E-state index contributed by atoms with van der Waals surface area (Å²) < 4.78 is 7.00. The van der Waals surface area contributed by atoms with Crippen LogP contribution in [0, 0.1) is 0 Å². The fraction of sp³-hybridized carbons (Fsp3) is 0.0189. The number of nitrogens with zero attached hydrogens (tertiary/aromatic N) is 1. The van der Waals surface area contributed by atoms with Gasteiger partial charge in [-0.15, -0.1) is 22.7 Å². The van der Waals surface area contributed by atoms with Gasteiger partial charge in [-0.2, -0.15) is 0 Å². The lowest BCUT2D eigenvalue weighted by Crippen LogP contribution is -2.36. The monoisotopic (exact) mass is 761 g/mol. The quantitative estimate of drug-likeness (QED) is 0.167. The average Bonchev–Trinajstić information content (AvgIpc) is 4.07. The van der Waals surface area contributed by atoms with E-state index in [2.05, 4.69) is 192 Å². The molecule has 0 saturated carbocycles. The molecule has 0 fully saturated rings. The molecule has 0 amide bonds. The smallest absolute Gasteiger partial charge is 0.142 e. The Morgan fingerprint density at radius 1 is 0.404 bits per heavy atom. The number of rotatable bonds is 3. The molecule has 2 nitrogen and oxygen atoms in total. The third-order valence-corrected chi connectivity index (χ3v) is 14.4. The first-order valence-corrected chi connectivity index (χ1v) is 21.2. The summed E-state index contributed by atoms with van der Waals surface area (Å²) in [7, 11) is 0.